The van der Waals surface area contributed by atoms with E-state index in [1.54, 1.807) is 24.7 Å². The Kier molecular flexibility index (Phi) is 3.41. The molecule has 0 spiro atoms. The minimum absolute atomic E-state index is 0.138. The van der Waals surface area contributed by atoms with Gasteiger partial charge in [-0.15, -0.1) is 5.10 Å². The number of anilines is 2. The second kappa shape index (κ2) is 5.01. The number of hydrogen-bond acceptors (Lipinski definition) is 6. The topological polar surface area (TPSA) is 112 Å². The summed E-state index contributed by atoms with van der Waals surface area (Å²) in [6.07, 6.45) is 1.61. The zero-order valence-electron chi connectivity index (χ0n) is 11.0. The molecule has 0 radical (unpaired) electrons. The molecule has 19 heavy (non-hydrogen) atoms. The fourth-order valence-electron chi connectivity index (χ4n) is 1.45. The standard InChI is InChI=1S/C11H15N7O/c1-4-18-5-8(12)9(17-18)10(19)14-11-13-6(2)7(3)15-16-11/h5H,4,12H2,1-3H3,(H,13,14,16,19). The minimum Gasteiger partial charge on any atom is -0.396 e. The highest BCUT2D eigenvalue weighted by molar-refractivity contribution is 6.05. The molecule has 2 heterocycles. The first-order valence-corrected chi connectivity index (χ1v) is 5.83. The molecular formula is C11H15N7O. The Balaban J connectivity index is 2.20. The highest BCUT2D eigenvalue weighted by Gasteiger charge is 2.16. The SMILES string of the molecule is CCn1cc(N)c(C(=O)Nc2nnc(C)c(C)n2)n1. The maximum atomic E-state index is 12.0. The largest absolute Gasteiger partial charge is 0.396 e. The van der Waals surface area contributed by atoms with Gasteiger partial charge in [0.2, 0.25) is 5.95 Å². The molecule has 2 aromatic rings. The summed E-state index contributed by atoms with van der Waals surface area (Å²) in [6, 6.07) is 0. The van der Waals surface area contributed by atoms with Crippen LogP contribution in [0.2, 0.25) is 0 Å². The van der Waals surface area contributed by atoms with Gasteiger partial charge in [-0.1, -0.05) is 0 Å². The molecule has 1 amide bonds. The average Bonchev–Trinajstić information content (AvgIpc) is 2.75. The fourth-order valence-corrected chi connectivity index (χ4v) is 1.45. The van der Waals surface area contributed by atoms with E-state index in [0.29, 0.717) is 23.6 Å². The van der Waals surface area contributed by atoms with Gasteiger partial charge in [-0.25, -0.2) is 4.98 Å². The zero-order chi connectivity index (χ0) is 14.0. The first kappa shape index (κ1) is 12.9. The van der Waals surface area contributed by atoms with Crippen LogP contribution in [0.1, 0.15) is 28.8 Å². The smallest absolute Gasteiger partial charge is 0.280 e. The number of aryl methyl sites for hydroxylation is 3. The summed E-state index contributed by atoms with van der Waals surface area (Å²) < 4.78 is 1.59. The molecular weight excluding hydrogens is 246 g/mol. The molecule has 0 aliphatic carbocycles. The normalized spacial score (nSPS) is 10.5. The third-order valence-electron chi connectivity index (χ3n) is 2.65. The van der Waals surface area contributed by atoms with Crippen LogP contribution in [-0.4, -0.2) is 30.9 Å². The fraction of sp³-hybridized carbons (Fsp3) is 0.364. The molecule has 2 aromatic heterocycles. The van der Waals surface area contributed by atoms with Gasteiger partial charge < -0.3 is 5.73 Å². The maximum Gasteiger partial charge on any atom is 0.280 e. The van der Waals surface area contributed by atoms with Crippen LogP contribution in [0.5, 0.6) is 0 Å². The monoisotopic (exact) mass is 261 g/mol. The predicted molar refractivity (Wildman–Crippen MR) is 69.6 cm³/mol. The molecule has 0 saturated carbocycles. The van der Waals surface area contributed by atoms with E-state index < -0.39 is 5.91 Å². The lowest BCUT2D eigenvalue weighted by Gasteiger charge is -2.03. The number of amides is 1. The third kappa shape index (κ3) is 2.67. The average molecular weight is 261 g/mol. The van der Waals surface area contributed by atoms with Crippen molar-refractivity contribution in [2.45, 2.75) is 27.3 Å². The van der Waals surface area contributed by atoms with E-state index in [9.17, 15) is 4.79 Å². The van der Waals surface area contributed by atoms with E-state index in [2.05, 4.69) is 25.6 Å². The molecule has 0 unspecified atom stereocenters. The lowest BCUT2D eigenvalue weighted by Crippen LogP contribution is -2.17. The number of nitrogens with two attached hydrogens (primary N) is 1. The van der Waals surface area contributed by atoms with E-state index >= 15 is 0 Å². The summed E-state index contributed by atoms with van der Waals surface area (Å²) in [5.74, 6) is -0.312. The lowest BCUT2D eigenvalue weighted by atomic mass is 10.3. The Morgan fingerprint density at radius 2 is 2.11 bits per heavy atom. The highest BCUT2D eigenvalue weighted by Crippen LogP contribution is 2.11. The zero-order valence-corrected chi connectivity index (χ0v) is 11.0. The quantitative estimate of drug-likeness (QED) is 0.834. The molecule has 0 atom stereocenters. The summed E-state index contributed by atoms with van der Waals surface area (Å²) in [5.41, 5.74) is 7.62. The van der Waals surface area contributed by atoms with Crippen molar-refractivity contribution in [1.82, 2.24) is 25.0 Å². The molecule has 3 N–H and O–H groups in total. The van der Waals surface area contributed by atoms with E-state index in [1.807, 2.05) is 6.92 Å². The molecule has 8 nitrogen and oxygen atoms in total. The van der Waals surface area contributed by atoms with Crippen LogP contribution in [0, 0.1) is 13.8 Å². The number of carbonyl (C=O) groups excluding carboxylic acids is 1. The second-order valence-electron chi connectivity index (χ2n) is 4.05. The summed E-state index contributed by atoms with van der Waals surface area (Å²) in [6.45, 7) is 6.13. The van der Waals surface area contributed by atoms with Crippen LogP contribution in [0.4, 0.5) is 11.6 Å². The third-order valence-corrected chi connectivity index (χ3v) is 2.65. The van der Waals surface area contributed by atoms with Crippen molar-refractivity contribution >= 4 is 17.5 Å². The van der Waals surface area contributed by atoms with Gasteiger partial charge in [0.25, 0.3) is 5.91 Å². The number of aromatic nitrogens is 5. The van der Waals surface area contributed by atoms with Gasteiger partial charge in [0.15, 0.2) is 5.69 Å². The Labute approximate surface area is 110 Å². The van der Waals surface area contributed by atoms with Crippen LogP contribution in [0.15, 0.2) is 6.20 Å². The van der Waals surface area contributed by atoms with Gasteiger partial charge in [0.1, 0.15) is 0 Å². The Bertz CT molecular complexity index is 620. The second-order valence-corrected chi connectivity index (χ2v) is 4.05. The minimum atomic E-state index is -0.449. The summed E-state index contributed by atoms with van der Waals surface area (Å²) in [5, 5.41) is 14.3. The van der Waals surface area contributed by atoms with E-state index in [-0.39, 0.29) is 11.6 Å². The van der Waals surface area contributed by atoms with E-state index in [0.717, 1.165) is 0 Å². The van der Waals surface area contributed by atoms with Crippen LogP contribution in [-0.2, 0) is 6.54 Å². The van der Waals surface area contributed by atoms with Crippen LogP contribution < -0.4 is 11.1 Å². The molecule has 0 aliphatic heterocycles. The van der Waals surface area contributed by atoms with E-state index in [1.165, 1.54) is 0 Å². The van der Waals surface area contributed by atoms with Gasteiger partial charge in [0, 0.05) is 12.7 Å². The number of carbonyl (C=O) groups is 1. The van der Waals surface area contributed by atoms with Crippen molar-refractivity contribution < 1.29 is 4.79 Å². The molecule has 8 heteroatoms. The predicted octanol–water partition coefficient (Wildman–Crippen LogP) is 0.539. The lowest BCUT2D eigenvalue weighted by molar-refractivity contribution is 0.102. The van der Waals surface area contributed by atoms with Crippen molar-refractivity contribution in [3.63, 3.8) is 0 Å². The van der Waals surface area contributed by atoms with Gasteiger partial charge >= 0.3 is 0 Å². The van der Waals surface area contributed by atoms with Gasteiger partial charge in [-0.3, -0.25) is 14.8 Å². The Hall–Kier alpha value is -2.51. The van der Waals surface area contributed by atoms with Gasteiger partial charge in [-0.2, -0.15) is 10.2 Å². The van der Waals surface area contributed by atoms with Gasteiger partial charge in [0.05, 0.1) is 17.1 Å². The van der Waals surface area contributed by atoms with Crippen molar-refractivity contribution in [2.24, 2.45) is 0 Å². The van der Waals surface area contributed by atoms with Crippen LogP contribution in [0.25, 0.3) is 0 Å². The maximum absolute atomic E-state index is 12.0. The van der Waals surface area contributed by atoms with Crippen molar-refractivity contribution in [3.8, 4) is 0 Å². The molecule has 0 fully saturated rings. The molecule has 0 saturated heterocycles. The van der Waals surface area contributed by atoms with Crippen molar-refractivity contribution in [2.75, 3.05) is 11.1 Å². The first-order chi connectivity index (χ1) is 9.01. The summed E-state index contributed by atoms with van der Waals surface area (Å²) >= 11 is 0. The Morgan fingerprint density at radius 1 is 1.37 bits per heavy atom. The number of hydrogen-bond donors (Lipinski definition) is 2. The van der Waals surface area contributed by atoms with E-state index in [4.69, 9.17) is 5.73 Å². The van der Waals surface area contributed by atoms with Crippen LogP contribution >= 0.6 is 0 Å². The number of rotatable bonds is 3. The summed E-state index contributed by atoms with van der Waals surface area (Å²) in [7, 11) is 0. The van der Waals surface area contributed by atoms with Gasteiger partial charge in [-0.05, 0) is 20.8 Å². The molecule has 2 rings (SSSR count). The Morgan fingerprint density at radius 3 is 2.68 bits per heavy atom. The van der Waals surface area contributed by atoms with Crippen LogP contribution in [0.3, 0.4) is 0 Å². The number of nitrogen functional groups attached to an aromatic ring is 1. The van der Waals surface area contributed by atoms with Crippen molar-refractivity contribution in [3.05, 3.63) is 23.3 Å². The molecule has 0 aliphatic rings. The molecule has 0 aromatic carbocycles. The highest BCUT2D eigenvalue weighted by atomic mass is 16.2. The number of nitrogens with one attached hydrogen (secondary N) is 1. The molecule has 100 valence electrons. The van der Waals surface area contributed by atoms with Crippen molar-refractivity contribution in [1.29, 1.82) is 0 Å². The number of nitrogens with zero attached hydrogens (tertiary/aromatic N) is 5. The molecule has 0 bridgehead atoms. The summed E-state index contributed by atoms with van der Waals surface area (Å²) in [4.78, 5) is 16.1. The first-order valence-electron chi connectivity index (χ1n) is 5.83.